The molecule has 25 heavy (non-hydrogen) atoms. The van der Waals surface area contributed by atoms with E-state index in [4.69, 9.17) is 0 Å². The molecule has 0 bridgehead atoms. The number of benzene rings is 2. The first kappa shape index (κ1) is 15.4. The predicted octanol–water partition coefficient (Wildman–Crippen LogP) is 2.28. The molecule has 0 fully saturated rings. The summed E-state index contributed by atoms with van der Waals surface area (Å²) in [6.45, 7) is 0. The van der Waals surface area contributed by atoms with Gasteiger partial charge in [0.25, 0.3) is 5.91 Å². The molecule has 0 atom stereocenters. The zero-order chi connectivity index (χ0) is 17.6. The van der Waals surface area contributed by atoms with Crippen LogP contribution in [0.1, 0.15) is 15.9 Å². The van der Waals surface area contributed by atoms with Gasteiger partial charge in [0.2, 0.25) is 10.0 Å². The topological polar surface area (TPSA) is 103 Å². The van der Waals surface area contributed by atoms with Crippen LogP contribution in [0.25, 0.3) is 22.2 Å². The third kappa shape index (κ3) is 2.76. The summed E-state index contributed by atoms with van der Waals surface area (Å²) in [4.78, 5) is 15.6. The molecule has 0 aliphatic carbocycles. The van der Waals surface area contributed by atoms with Gasteiger partial charge in [0.15, 0.2) is 0 Å². The number of carbonyl (C=O) groups is 1. The van der Waals surface area contributed by atoms with Crippen molar-refractivity contribution in [3.05, 3.63) is 53.6 Å². The van der Waals surface area contributed by atoms with E-state index in [0.717, 1.165) is 23.1 Å². The van der Waals surface area contributed by atoms with Gasteiger partial charge < -0.3 is 4.98 Å². The fourth-order valence-electron chi connectivity index (χ4n) is 2.99. The molecule has 2 heterocycles. The van der Waals surface area contributed by atoms with E-state index < -0.39 is 15.9 Å². The number of hydrogen-bond acceptors (Lipinski definition) is 4. The summed E-state index contributed by atoms with van der Waals surface area (Å²) < 4.78 is 25.5. The van der Waals surface area contributed by atoms with Crippen molar-refractivity contribution in [2.45, 2.75) is 0 Å². The molecular weight excluding hydrogens is 340 g/mol. The second-order valence-corrected chi connectivity index (χ2v) is 7.55. The van der Waals surface area contributed by atoms with Crippen molar-refractivity contribution in [2.75, 3.05) is 11.0 Å². The van der Waals surface area contributed by atoms with Gasteiger partial charge in [-0.3, -0.25) is 9.52 Å². The first-order valence-corrected chi connectivity index (χ1v) is 9.38. The molecular formula is C17H14N4O3S. The molecule has 126 valence electrons. The van der Waals surface area contributed by atoms with Gasteiger partial charge in [-0.1, -0.05) is 30.3 Å². The maximum atomic E-state index is 12.3. The summed E-state index contributed by atoms with van der Waals surface area (Å²) in [5, 5.41) is 4.68. The Morgan fingerprint density at radius 1 is 1.12 bits per heavy atom. The van der Waals surface area contributed by atoms with Crippen molar-refractivity contribution in [3.63, 3.8) is 0 Å². The quantitative estimate of drug-likeness (QED) is 0.672. The van der Waals surface area contributed by atoms with Gasteiger partial charge in [-0.15, -0.1) is 0 Å². The summed E-state index contributed by atoms with van der Waals surface area (Å²) in [7, 11) is -3.46. The minimum atomic E-state index is -3.46. The van der Waals surface area contributed by atoms with E-state index in [9.17, 15) is 13.2 Å². The van der Waals surface area contributed by atoms with Gasteiger partial charge in [-0.25, -0.2) is 13.8 Å². The highest BCUT2D eigenvalue weighted by Gasteiger charge is 2.22. The predicted molar refractivity (Wildman–Crippen MR) is 97.3 cm³/mol. The van der Waals surface area contributed by atoms with Crippen LogP contribution in [-0.2, 0) is 10.0 Å². The van der Waals surface area contributed by atoms with Crippen LogP contribution in [0.2, 0.25) is 0 Å². The first-order chi connectivity index (χ1) is 11.9. The maximum absolute atomic E-state index is 12.3. The zero-order valence-electron chi connectivity index (χ0n) is 13.2. The number of nitrogens with one attached hydrogen (secondary N) is 3. The number of aromatic amines is 1. The fourth-order valence-corrected chi connectivity index (χ4v) is 3.53. The highest BCUT2D eigenvalue weighted by Crippen LogP contribution is 2.34. The molecule has 2 aromatic carbocycles. The molecule has 0 spiro atoms. The van der Waals surface area contributed by atoms with Crippen molar-refractivity contribution >= 4 is 38.7 Å². The standard InChI is InChI=1S/C17H14N4O3S/c1-25(23,24)21-11-7-12-15-13(9-18-20-17(12)22)16(19-14(15)8-11)10-5-3-2-4-6-10/h2-9,19,21H,1H3,(H,20,22). The molecule has 1 aliphatic rings. The third-order valence-electron chi connectivity index (χ3n) is 3.91. The lowest BCUT2D eigenvalue weighted by atomic mass is 10.0. The summed E-state index contributed by atoms with van der Waals surface area (Å²) >= 11 is 0. The molecule has 1 amide bonds. The van der Waals surface area contributed by atoms with E-state index >= 15 is 0 Å². The number of hydrogen-bond donors (Lipinski definition) is 3. The second-order valence-electron chi connectivity index (χ2n) is 5.80. The van der Waals surface area contributed by atoms with Gasteiger partial charge in [0.1, 0.15) is 0 Å². The fraction of sp³-hybridized carbons (Fsp3) is 0.0588. The number of aromatic nitrogens is 1. The highest BCUT2D eigenvalue weighted by molar-refractivity contribution is 7.92. The Morgan fingerprint density at radius 2 is 1.88 bits per heavy atom. The van der Waals surface area contributed by atoms with Gasteiger partial charge >= 0.3 is 0 Å². The molecule has 0 saturated heterocycles. The van der Waals surface area contributed by atoms with Crippen LogP contribution in [0.15, 0.2) is 47.6 Å². The molecule has 1 aromatic heterocycles. The lowest BCUT2D eigenvalue weighted by Gasteiger charge is -2.07. The van der Waals surface area contributed by atoms with E-state index in [0.29, 0.717) is 22.2 Å². The molecule has 3 aromatic rings. The van der Waals surface area contributed by atoms with E-state index in [1.807, 2.05) is 30.3 Å². The molecule has 4 rings (SSSR count). The van der Waals surface area contributed by atoms with Crippen molar-refractivity contribution in [1.29, 1.82) is 0 Å². The van der Waals surface area contributed by atoms with E-state index in [-0.39, 0.29) is 0 Å². The Labute approximate surface area is 143 Å². The summed E-state index contributed by atoms with van der Waals surface area (Å²) in [5.74, 6) is -0.393. The monoisotopic (exact) mass is 354 g/mol. The number of H-pyrrole nitrogens is 1. The average Bonchev–Trinajstić information content (AvgIpc) is 2.83. The highest BCUT2D eigenvalue weighted by atomic mass is 32.2. The molecule has 1 aliphatic heterocycles. The third-order valence-corrected chi connectivity index (χ3v) is 4.51. The van der Waals surface area contributed by atoms with Crippen LogP contribution in [0.4, 0.5) is 5.69 Å². The smallest absolute Gasteiger partial charge is 0.272 e. The Bertz CT molecular complexity index is 1130. The Morgan fingerprint density at radius 3 is 2.60 bits per heavy atom. The molecule has 0 radical (unpaired) electrons. The van der Waals surface area contributed by atoms with Gasteiger partial charge in [-0.2, -0.15) is 5.10 Å². The number of amides is 1. The lowest BCUT2D eigenvalue weighted by Crippen LogP contribution is -2.17. The van der Waals surface area contributed by atoms with Crippen molar-refractivity contribution in [3.8, 4) is 11.3 Å². The van der Waals surface area contributed by atoms with Crippen molar-refractivity contribution in [2.24, 2.45) is 5.10 Å². The molecule has 3 N–H and O–H groups in total. The van der Waals surface area contributed by atoms with Gasteiger partial charge in [-0.05, 0) is 17.7 Å². The minimum Gasteiger partial charge on any atom is -0.354 e. The second kappa shape index (κ2) is 5.45. The lowest BCUT2D eigenvalue weighted by molar-refractivity contribution is 0.0957. The van der Waals surface area contributed by atoms with Crippen LogP contribution < -0.4 is 10.1 Å². The minimum absolute atomic E-state index is 0.314. The van der Waals surface area contributed by atoms with Crippen LogP contribution in [0.5, 0.6) is 0 Å². The summed E-state index contributed by atoms with van der Waals surface area (Å²) in [6.07, 6.45) is 2.66. The SMILES string of the molecule is CS(=O)(=O)Nc1cc2c3c(c(-c4ccccc4)[nH]c3c1)C=NNC2=O. The number of anilines is 1. The van der Waals surface area contributed by atoms with Gasteiger partial charge in [0.05, 0.1) is 29.4 Å². The van der Waals surface area contributed by atoms with Crippen LogP contribution in [0, 0.1) is 0 Å². The van der Waals surface area contributed by atoms with E-state index in [1.165, 1.54) is 6.07 Å². The maximum Gasteiger partial charge on any atom is 0.272 e. The molecule has 0 unspecified atom stereocenters. The summed E-state index contributed by atoms with van der Waals surface area (Å²) in [5.41, 5.74) is 6.30. The largest absolute Gasteiger partial charge is 0.354 e. The Balaban J connectivity index is 2.03. The van der Waals surface area contributed by atoms with Crippen LogP contribution in [-0.4, -0.2) is 31.8 Å². The molecule has 7 nitrogen and oxygen atoms in total. The summed E-state index contributed by atoms with van der Waals surface area (Å²) in [6, 6.07) is 12.8. The van der Waals surface area contributed by atoms with Crippen molar-refractivity contribution in [1.82, 2.24) is 10.4 Å². The number of sulfonamides is 1. The molecule has 0 saturated carbocycles. The zero-order valence-corrected chi connectivity index (χ0v) is 14.0. The van der Waals surface area contributed by atoms with E-state index in [1.54, 1.807) is 12.3 Å². The van der Waals surface area contributed by atoms with Crippen molar-refractivity contribution < 1.29 is 13.2 Å². The first-order valence-electron chi connectivity index (χ1n) is 7.49. The Hall–Kier alpha value is -3.13. The van der Waals surface area contributed by atoms with Gasteiger partial charge in [0, 0.05) is 16.5 Å². The number of carbonyl (C=O) groups excluding carboxylic acids is 1. The molecule has 8 heteroatoms. The number of nitrogens with zero attached hydrogens (tertiary/aromatic N) is 1. The van der Waals surface area contributed by atoms with E-state index in [2.05, 4.69) is 20.2 Å². The normalized spacial score (nSPS) is 13.6. The Kier molecular flexibility index (Phi) is 3.36. The number of hydrazone groups is 1. The average molecular weight is 354 g/mol. The van der Waals surface area contributed by atoms with Crippen LogP contribution in [0.3, 0.4) is 0 Å². The number of rotatable bonds is 3. The van der Waals surface area contributed by atoms with Crippen LogP contribution >= 0.6 is 0 Å².